The maximum Gasteiger partial charge on any atom is 0.161 e. The van der Waals surface area contributed by atoms with Crippen LogP contribution in [0.25, 0.3) is 121 Å². The minimum Gasteiger partial charge on any atom is -0.456 e. The van der Waals surface area contributed by atoms with Crippen LogP contribution in [0, 0.1) is 0 Å². The summed E-state index contributed by atoms with van der Waals surface area (Å²) in [7, 11) is 0. The Morgan fingerprint density at radius 2 is 0.915 bits per heavy atom. The molecule has 12 rings (SSSR count). The highest BCUT2D eigenvalue weighted by molar-refractivity contribution is 6.20. The van der Waals surface area contributed by atoms with Crippen molar-refractivity contribution in [1.82, 2.24) is 9.97 Å². The predicted molar refractivity (Wildman–Crippen MR) is 247 cm³/mol. The first-order chi connectivity index (χ1) is 29.2. The second-order valence-corrected chi connectivity index (χ2v) is 15.3. The van der Waals surface area contributed by atoms with E-state index in [-0.39, 0.29) is 0 Å². The van der Waals surface area contributed by atoms with E-state index >= 15 is 0 Å². The highest BCUT2D eigenvalue weighted by Crippen LogP contribution is 2.42. The largest absolute Gasteiger partial charge is 0.456 e. The summed E-state index contributed by atoms with van der Waals surface area (Å²) in [5.74, 6) is 0.686. The van der Waals surface area contributed by atoms with E-state index in [1.54, 1.807) is 0 Å². The van der Waals surface area contributed by atoms with Crippen molar-refractivity contribution in [2.45, 2.75) is 0 Å². The normalized spacial score (nSPS) is 11.7. The van der Waals surface area contributed by atoms with Crippen molar-refractivity contribution in [2.75, 3.05) is 0 Å². The highest BCUT2D eigenvalue weighted by Gasteiger charge is 2.19. The molecule has 0 N–H and O–H groups in total. The first kappa shape index (κ1) is 33.3. The van der Waals surface area contributed by atoms with Gasteiger partial charge in [0, 0.05) is 27.5 Å². The molecule has 2 aromatic heterocycles. The fourth-order valence-corrected chi connectivity index (χ4v) is 9.05. The fraction of sp³-hybridized carbons (Fsp3) is 0. The van der Waals surface area contributed by atoms with Gasteiger partial charge in [-0.2, -0.15) is 0 Å². The molecule has 0 bridgehead atoms. The lowest BCUT2D eigenvalue weighted by Crippen LogP contribution is -1.98. The standard InChI is InChI=1S/C56H34N2O/c1-2-12-36(13-3-1)42-17-10-11-21-47(42)56-57-50(34-51(58-56)54-45-20-9-6-16-41(45)32-49-43-18-7-4-14-37(43)26-29-46(49)54)39-24-22-35(23-25-39)40-27-30-48-53(33-40)59-52-31-28-38-15-5-8-19-44(38)55(48)52/h1-34H. The van der Waals surface area contributed by atoms with Crippen LogP contribution in [0.5, 0.6) is 0 Å². The summed E-state index contributed by atoms with van der Waals surface area (Å²) in [6.07, 6.45) is 0. The van der Waals surface area contributed by atoms with E-state index in [1.807, 2.05) is 0 Å². The van der Waals surface area contributed by atoms with Crippen molar-refractivity contribution >= 4 is 65.0 Å². The highest BCUT2D eigenvalue weighted by atomic mass is 16.3. The molecule has 0 aliphatic heterocycles. The molecule has 0 radical (unpaired) electrons. The molecule has 2 heterocycles. The predicted octanol–water partition coefficient (Wildman–Crippen LogP) is 15.3. The lowest BCUT2D eigenvalue weighted by molar-refractivity contribution is 0.669. The summed E-state index contributed by atoms with van der Waals surface area (Å²) < 4.78 is 6.44. The van der Waals surface area contributed by atoms with Crippen molar-refractivity contribution in [3.63, 3.8) is 0 Å². The molecular weight excluding hydrogens is 717 g/mol. The van der Waals surface area contributed by atoms with Crippen LogP contribution in [0.15, 0.2) is 211 Å². The molecule has 10 aromatic carbocycles. The van der Waals surface area contributed by atoms with Crippen molar-refractivity contribution < 1.29 is 4.42 Å². The molecule has 0 amide bonds. The summed E-state index contributed by atoms with van der Waals surface area (Å²) >= 11 is 0. The van der Waals surface area contributed by atoms with E-state index in [0.717, 1.165) is 77.7 Å². The summed E-state index contributed by atoms with van der Waals surface area (Å²) in [4.78, 5) is 10.8. The molecule has 0 atom stereocenters. The summed E-state index contributed by atoms with van der Waals surface area (Å²) in [5.41, 5.74) is 11.1. The van der Waals surface area contributed by atoms with E-state index in [2.05, 4.69) is 206 Å². The van der Waals surface area contributed by atoms with Crippen LogP contribution in [-0.4, -0.2) is 9.97 Å². The Balaban J connectivity index is 1.04. The molecule has 0 unspecified atom stereocenters. The van der Waals surface area contributed by atoms with Gasteiger partial charge in [-0.1, -0.05) is 176 Å². The SMILES string of the molecule is c1ccc(-c2ccccc2-c2nc(-c3ccc(-c4ccc5c(c4)oc4ccc6ccccc6c45)cc3)cc(-c3c4ccccc4cc4c3ccc3ccccc34)n2)cc1. The molecular formula is C56H34N2O. The van der Waals surface area contributed by atoms with E-state index in [4.69, 9.17) is 14.4 Å². The molecule has 0 spiro atoms. The van der Waals surface area contributed by atoms with Crippen LogP contribution >= 0.6 is 0 Å². The van der Waals surface area contributed by atoms with Crippen LogP contribution in [0.1, 0.15) is 0 Å². The Morgan fingerprint density at radius 1 is 0.305 bits per heavy atom. The Morgan fingerprint density at radius 3 is 1.75 bits per heavy atom. The van der Waals surface area contributed by atoms with Crippen LogP contribution in [0.4, 0.5) is 0 Å². The minimum atomic E-state index is 0.686. The van der Waals surface area contributed by atoms with Gasteiger partial charge < -0.3 is 4.42 Å². The van der Waals surface area contributed by atoms with Crippen molar-refractivity contribution in [3.05, 3.63) is 206 Å². The molecule has 274 valence electrons. The lowest BCUT2D eigenvalue weighted by Gasteiger charge is -2.16. The average Bonchev–Trinajstić information content (AvgIpc) is 3.69. The van der Waals surface area contributed by atoms with Gasteiger partial charge >= 0.3 is 0 Å². The van der Waals surface area contributed by atoms with E-state index in [1.165, 1.54) is 37.7 Å². The third-order valence-corrected chi connectivity index (χ3v) is 11.9. The Bertz CT molecular complexity index is 3600. The second kappa shape index (κ2) is 13.4. The number of hydrogen-bond donors (Lipinski definition) is 0. The topological polar surface area (TPSA) is 38.9 Å². The van der Waals surface area contributed by atoms with Crippen LogP contribution in [0.3, 0.4) is 0 Å². The zero-order valence-electron chi connectivity index (χ0n) is 31.9. The fourth-order valence-electron chi connectivity index (χ4n) is 9.05. The van der Waals surface area contributed by atoms with Gasteiger partial charge in [0.25, 0.3) is 0 Å². The van der Waals surface area contributed by atoms with Crippen molar-refractivity contribution in [3.8, 4) is 56.2 Å². The molecule has 0 aliphatic rings. The number of rotatable bonds is 5. The third-order valence-electron chi connectivity index (χ3n) is 11.9. The van der Waals surface area contributed by atoms with Crippen LogP contribution in [0.2, 0.25) is 0 Å². The average molecular weight is 751 g/mol. The summed E-state index contributed by atoms with van der Waals surface area (Å²) in [5, 5.41) is 11.9. The molecule has 59 heavy (non-hydrogen) atoms. The number of nitrogens with zero attached hydrogens (tertiary/aromatic N) is 2. The Kier molecular flexibility index (Phi) is 7.54. The Labute approximate surface area is 340 Å². The van der Waals surface area contributed by atoms with E-state index < -0.39 is 0 Å². The smallest absolute Gasteiger partial charge is 0.161 e. The molecule has 0 saturated carbocycles. The molecule has 12 aromatic rings. The van der Waals surface area contributed by atoms with Crippen LogP contribution in [-0.2, 0) is 0 Å². The monoisotopic (exact) mass is 750 g/mol. The van der Waals surface area contributed by atoms with Gasteiger partial charge in [0.05, 0.1) is 11.4 Å². The summed E-state index contributed by atoms with van der Waals surface area (Å²) in [6, 6.07) is 73.3. The number of benzene rings is 10. The molecule has 0 aliphatic carbocycles. The number of furan rings is 1. The third kappa shape index (κ3) is 5.51. The van der Waals surface area contributed by atoms with Gasteiger partial charge in [-0.05, 0) is 95.7 Å². The maximum atomic E-state index is 6.44. The number of fused-ring (bicyclic) bond motifs is 9. The summed E-state index contributed by atoms with van der Waals surface area (Å²) in [6.45, 7) is 0. The maximum absolute atomic E-state index is 6.44. The molecule has 0 saturated heterocycles. The van der Waals surface area contributed by atoms with Gasteiger partial charge in [-0.3, -0.25) is 0 Å². The molecule has 3 nitrogen and oxygen atoms in total. The first-order valence-electron chi connectivity index (χ1n) is 20.1. The van der Waals surface area contributed by atoms with E-state index in [0.29, 0.717) is 5.82 Å². The van der Waals surface area contributed by atoms with Gasteiger partial charge in [-0.25, -0.2) is 9.97 Å². The van der Waals surface area contributed by atoms with Gasteiger partial charge in [-0.15, -0.1) is 0 Å². The van der Waals surface area contributed by atoms with Crippen molar-refractivity contribution in [2.24, 2.45) is 0 Å². The number of hydrogen-bond acceptors (Lipinski definition) is 3. The molecule has 3 heteroatoms. The lowest BCUT2D eigenvalue weighted by atomic mass is 9.91. The van der Waals surface area contributed by atoms with E-state index in [9.17, 15) is 0 Å². The first-order valence-corrected chi connectivity index (χ1v) is 20.1. The van der Waals surface area contributed by atoms with Gasteiger partial charge in [0.2, 0.25) is 0 Å². The quantitative estimate of drug-likeness (QED) is 0.130. The zero-order valence-corrected chi connectivity index (χ0v) is 31.9. The van der Waals surface area contributed by atoms with Crippen molar-refractivity contribution in [1.29, 1.82) is 0 Å². The Hall–Kier alpha value is -7.88. The van der Waals surface area contributed by atoms with Gasteiger partial charge in [0.1, 0.15) is 11.2 Å². The zero-order chi connectivity index (χ0) is 38.9. The van der Waals surface area contributed by atoms with Crippen LogP contribution < -0.4 is 0 Å². The second-order valence-electron chi connectivity index (χ2n) is 15.3. The van der Waals surface area contributed by atoms with Gasteiger partial charge in [0.15, 0.2) is 5.82 Å². The number of aromatic nitrogens is 2. The minimum absolute atomic E-state index is 0.686. The molecule has 0 fully saturated rings.